The van der Waals surface area contributed by atoms with Crippen LogP contribution in [0.25, 0.3) is 0 Å². The third-order valence-electron chi connectivity index (χ3n) is 4.35. The first-order chi connectivity index (χ1) is 9.06. The van der Waals surface area contributed by atoms with Crippen molar-refractivity contribution in [2.75, 3.05) is 0 Å². The van der Waals surface area contributed by atoms with E-state index < -0.39 is 14.1 Å². The Morgan fingerprint density at radius 2 is 2.00 bits per heavy atom. The number of rotatable bonds is 6. The van der Waals surface area contributed by atoms with Crippen LogP contribution < -0.4 is 5.73 Å². The van der Waals surface area contributed by atoms with Gasteiger partial charge in [-0.15, -0.1) is 0 Å². The van der Waals surface area contributed by atoms with E-state index in [1.807, 2.05) is 13.1 Å². The number of halogens is 2. The van der Waals surface area contributed by atoms with Gasteiger partial charge in [0, 0.05) is 11.6 Å². The molecule has 0 amide bonds. The second-order valence-electron chi connectivity index (χ2n) is 6.58. The van der Waals surface area contributed by atoms with Gasteiger partial charge in [0.1, 0.15) is 5.82 Å². The molecule has 0 aliphatic rings. The van der Waals surface area contributed by atoms with Crippen LogP contribution in [0.5, 0.6) is 0 Å². The zero-order chi connectivity index (χ0) is 15.6. The van der Waals surface area contributed by atoms with Crippen LogP contribution >= 0.6 is 11.6 Å². The van der Waals surface area contributed by atoms with Gasteiger partial charge in [-0.25, -0.2) is 4.39 Å². The first-order valence-corrected chi connectivity index (χ1v) is 10.3. The molecule has 0 heterocycles. The van der Waals surface area contributed by atoms with Crippen LogP contribution in [0.4, 0.5) is 4.39 Å². The van der Waals surface area contributed by atoms with Crippen molar-refractivity contribution >= 4 is 19.9 Å². The van der Waals surface area contributed by atoms with E-state index in [1.54, 1.807) is 12.1 Å². The third kappa shape index (κ3) is 4.28. The largest absolute Gasteiger partial charge is 0.432 e. The summed E-state index contributed by atoms with van der Waals surface area (Å²) in [6, 6.07) is 4.57. The van der Waals surface area contributed by atoms with Gasteiger partial charge in [-0.1, -0.05) is 44.0 Å². The summed E-state index contributed by atoms with van der Waals surface area (Å²) < 4.78 is 13.9. The van der Waals surface area contributed by atoms with Crippen LogP contribution in [-0.4, -0.2) is 13.1 Å². The molecule has 3 N–H and O–H groups in total. The van der Waals surface area contributed by atoms with Crippen molar-refractivity contribution in [3.8, 4) is 0 Å². The van der Waals surface area contributed by atoms with E-state index in [0.717, 1.165) is 12.8 Å². The van der Waals surface area contributed by atoms with Gasteiger partial charge in [0.25, 0.3) is 0 Å². The maximum absolute atomic E-state index is 13.9. The first-order valence-electron chi connectivity index (χ1n) is 6.98. The lowest BCUT2D eigenvalue weighted by Gasteiger charge is -2.35. The molecule has 0 bridgehead atoms. The quantitative estimate of drug-likeness (QED) is 0.752. The Balaban J connectivity index is 2.61. The Morgan fingerprint density at radius 3 is 2.55 bits per heavy atom. The summed E-state index contributed by atoms with van der Waals surface area (Å²) >= 11 is 5.77. The minimum atomic E-state index is -2.19. The van der Waals surface area contributed by atoms with Crippen LogP contribution in [0.3, 0.4) is 0 Å². The molecule has 2 nitrogen and oxygen atoms in total. The highest BCUT2D eigenvalue weighted by Gasteiger charge is 2.37. The summed E-state index contributed by atoms with van der Waals surface area (Å²) in [5.41, 5.74) is 6.52. The molecule has 1 aromatic carbocycles. The molecule has 1 aromatic rings. The van der Waals surface area contributed by atoms with Crippen molar-refractivity contribution in [3.05, 3.63) is 34.6 Å². The van der Waals surface area contributed by atoms with Crippen LogP contribution in [0.2, 0.25) is 23.2 Å². The van der Waals surface area contributed by atoms with Crippen molar-refractivity contribution in [1.82, 2.24) is 0 Å². The van der Waals surface area contributed by atoms with Crippen LogP contribution in [-0.2, 0) is 0 Å². The minimum Gasteiger partial charge on any atom is -0.432 e. The fraction of sp³-hybridized carbons (Fsp3) is 0.600. The van der Waals surface area contributed by atoms with Crippen molar-refractivity contribution in [3.63, 3.8) is 0 Å². The molecule has 0 unspecified atom stereocenters. The molecule has 0 saturated carbocycles. The minimum absolute atomic E-state index is 0.0698. The maximum atomic E-state index is 13.9. The smallest absolute Gasteiger partial charge is 0.188 e. The fourth-order valence-electron chi connectivity index (χ4n) is 2.03. The van der Waals surface area contributed by atoms with E-state index in [1.165, 1.54) is 6.07 Å². The van der Waals surface area contributed by atoms with Gasteiger partial charge >= 0.3 is 0 Å². The molecule has 0 aliphatic carbocycles. The number of benzene rings is 1. The lowest BCUT2D eigenvalue weighted by atomic mass is 9.98. The summed E-state index contributed by atoms with van der Waals surface area (Å²) in [5, 5.41) is 0.0433. The number of hydrogen-bond acceptors (Lipinski definition) is 2. The molecule has 0 radical (unpaired) electrons. The summed E-state index contributed by atoms with van der Waals surface area (Å²) in [4.78, 5) is 10.2. The van der Waals surface area contributed by atoms with E-state index in [2.05, 4.69) is 13.8 Å². The molecule has 0 aliphatic heterocycles. The monoisotopic (exact) mass is 317 g/mol. The summed E-state index contributed by atoms with van der Waals surface area (Å²) in [5.74, 6) is -0.419. The second kappa shape index (κ2) is 6.56. The standard InChI is InChI=1S/C15H25ClFNOSi/c1-15(2,20(3,4)19)10-6-9-13(18)11-7-5-8-12(16)14(11)17/h5,7-8,13,19H,6,9-10,18H2,1-4H3/t13-/m1/s1. The molecule has 1 rings (SSSR count). The Bertz CT molecular complexity index is 460. The Morgan fingerprint density at radius 1 is 1.40 bits per heavy atom. The van der Waals surface area contributed by atoms with Gasteiger partial charge in [0.15, 0.2) is 8.32 Å². The summed E-state index contributed by atoms with van der Waals surface area (Å²) in [6.45, 7) is 8.07. The maximum Gasteiger partial charge on any atom is 0.188 e. The average molecular weight is 318 g/mol. The first kappa shape index (κ1) is 17.6. The van der Waals surface area contributed by atoms with E-state index in [-0.39, 0.29) is 16.1 Å². The number of hydrogen-bond donors (Lipinski definition) is 2. The van der Waals surface area contributed by atoms with Crippen molar-refractivity contribution in [2.45, 2.75) is 57.3 Å². The average Bonchev–Trinajstić information content (AvgIpc) is 2.30. The van der Waals surface area contributed by atoms with Crippen LogP contribution in [0.1, 0.15) is 44.7 Å². The van der Waals surface area contributed by atoms with Crippen molar-refractivity contribution in [1.29, 1.82) is 0 Å². The summed E-state index contributed by atoms with van der Waals surface area (Å²) in [7, 11) is -2.19. The lowest BCUT2D eigenvalue weighted by molar-refractivity contribution is 0.428. The number of nitrogens with two attached hydrogens (primary N) is 1. The van der Waals surface area contributed by atoms with Crippen LogP contribution in [0.15, 0.2) is 18.2 Å². The predicted molar refractivity (Wildman–Crippen MR) is 85.9 cm³/mol. The Labute approximate surface area is 127 Å². The third-order valence-corrected chi connectivity index (χ3v) is 8.21. The Hall–Kier alpha value is -0.423. The highest BCUT2D eigenvalue weighted by molar-refractivity contribution is 6.72. The normalized spacial score (nSPS) is 14.4. The van der Waals surface area contributed by atoms with Gasteiger partial charge in [0.05, 0.1) is 5.02 Å². The van der Waals surface area contributed by atoms with Gasteiger partial charge in [-0.2, -0.15) is 0 Å². The second-order valence-corrected chi connectivity index (χ2v) is 11.5. The molecular formula is C15H25ClFNOSi. The van der Waals surface area contributed by atoms with E-state index >= 15 is 0 Å². The molecule has 5 heteroatoms. The highest BCUT2D eigenvalue weighted by Crippen LogP contribution is 2.40. The zero-order valence-electron chi connectivity index (χ0n) is 12.7. The zero-order valence-corrected chi connectivity index (χ0v) is 14.5. The van der Waals surface area contributed by atoms with Gasteiger partial charge in [-0.3, -0.25) is 0 Å². The summed E-state index contributed by atoms with van der Waals surface area (Å²) in [6.07, 6.45) is 2.43. The molecule has 0 spiro atoms. The van der Waals surface area contributed by atoms with Gasteiger partial charge in [0.2, 0.25) is 0 Å². The molecule has 0 aromatic heterocycles. The molecule has 0 saturated heterocycles. The molecule has 20 heavy (non-hydrogen) atoms. The topological polar surface area (TPSA) is 46.2 Å². The van der Waals surface area contributed by atoms with Crippen molar-refractivity contribution < 1.29 is 9.19 Å². The van der Waals surface area contributed by atoms with Gasteiger partial charge < -0.3 is 10.5 Å². The highest BCUT2D eigenvalue weighted by atomic mass is 35.5. The molecule has 114 valence electrons. The lowest BCUT2D eigenvalue weighted by Crippen LogP contribution is -2.39. The molecular weight excluding hydrogens is 293 g/mol. The molecule has 0 fully saturated rings. The van der Waals surface area contributed by atoms with E-state index in [0.29, 0.717) is 12.0 Å². The SMILES string of the molecule is CC(C)(CCC[C@@H](N)c1cccc(Cl)c1F)[Si](C)(C)O. The molecule has 1 atom stereocenters. The van der Waals surface area contributed by atoms with Gasteiger partial charge in [-0.05, 0) is 37.0 Å². The van der Waals surface area contributed by atoms with Crippen molar-refractivity contribution in [2.24, 2.45) is 5.73 Å². The predicted octanol–water partition coefficient (Wildman–Crippen LogP) is 4.63. The Kier molecular flexibility index (Phi) is 5.78. The fourth-order valence-corrected chi connectivity index (χ4v) is 3.00. The van der Waals surface area contributed by atoms with E-state index in [4.69, 9.17) is 17.3 Å². The van der Waals surface area contributed by atoms with Crippen LogP contribution in [0, 0.1) is 5.82 Å². The van der Waals surface area contributed by atoms with E-state index in [9.17, 15) is 9.19 Å².